The first-order valence-corrected chi connectivity index (χ1v) is 7.09. The van der Waals surface area contributed by atoms with Crippen LogP contribution in [0.2, 0.25) is 0 Å². The molecule has 0 amide bonds. The van der Waals surface area contributed by atoms with E-state index in [1.807, 2.05) is 12.3 Å². The lowest BCUT2D eigenvalue weighted by molar-refractivity contribution is -0.0149. The number of ether oxygens (including phenoxy) is 1. The van der Waals surface area contributed by atoms with Gasteiger partial charge in [0.2, 0.25) is 5.89 Å². The SMILES string of the molecule is Cc1nc(Cc2noc(C3COCCC3O)n2)cs1. The van der Waals surface area contributed by atoms with Crippen molar-refractivity contribution in [2.24, 2.45) is 0 Å². The summed E-state index contributed by atoms with van der Waals surface area (Å²) < 4.78 is 10.6. The Hall–Kier alpha value is -1.31. The number of thiazole rings is 1. The fourth-order valence-electron chi connectivity index (χ4n) is 2.10. The summed E-state index contributed by atoms with van der Waals surface area (Å²) in [4.78, 5) is 8.70. The van der Waals surface area contributed by atoms with Crippen LogP contribution in [0.15, 0.2) is 9.90 Å². The average molecular weight is 281 g/mol. The van der Waals surface area contributed by atoms with Crippen molar-refractivity contribution in [3.8, 4) is 0 Å². The van der Waals surface area contributed by atoms with Gasteiger partial charge in [0.15, 0.2) is 5.82 Å². The summed E-state index contributed by atoms with van der Waals surface area (Å²) in [5.41, 5.74) is 0.940. The van der Waals surface area contributed by atoms with Crippen LogP contribution in [0.1, 0.15) is 34.8 Å². The van der Waals surface area contributed by atoms with Crippen molar-refractivity contribution in [1.29, 1.82) is 0 Å². The van der Waals surface area contributed by atoms with Crippen LogP contribution in [0, 0.1) is 6.92 Å². The summed E-state index contributed by atoms with van der Waals surface area (Å²) in [5.74, 6) is 0.833. The Labute approximate surface area is 114 Å². The minimum atomic E-state index is -0.469. The summed E-state index contributed by atoms with van der Waals surface area (Å²) in [6, 6.07) is 0. The van der Waals surface area contributed by atoms with Gasteiger partial charge in [-0.2, -0.15) is 4.98 Å². The molecule has 6 nitrogen and oxygen atoms in total. The summed E-state index contributed by atoms with van der Waals surface area (Å²) >= 11 is 1.60. The molecule has 1 N–H and O–H groups in total. The third-order valence-corrected chi connectivity index (χ3v) is 3.95. The highest BCUT2D eigenvalue weighted by Gasteiger charge is 2.30. The van der Waals surface area contributed by atoms with E-state index in [9.17, 15) is 5.11 Å². The topological polar surface area (TPSA) is 81.3 Å². The molecule has 1 fully saturated rings. The molecule has 2 unspecified atom stereocenters. The number of hydrogen-bond acceptors (Lipinski definition) is 7. The number of aromatic nitrogens is 3. The Morgan fingerprint density at radius 1 is 1.47 bits per heavy atom. The highest BCUT2D eigenvalue weighted by molar-refractivity contribution is 7.09. The monoisotopic (exact) mass is 281 g/mol. The van der Waals surface area contributed by atoms with Gasteiger partial charge in [0.1, 0.15) is 0 Å². The first kappa shape index (κ1) is 12.7. The van der Waals surface area contributed by atoms with Gasteiger partial charge in [0.25, 0.3) is 0 Å². The Morgan fingerprint density at radius 2 is 2.37 bits per heavy atom. The smallest absolute Gasteiger partial charge is 0.234 e. The molecule has 1 saturated heterocycles. The molecule has 1 aliphatic rings. The fraction of sp³-hybridized carbons (Fsp3) is 0.583. The Bertz CT molecular complexity index is 554. The Kier molecular flexibility index (Phi) is 3.58. The molecule has 2 aromatic heterocycles. The van der Waals surface area contributed by atoms with Crippen LogP contribution < -0.4 is 0 Å². The number of aliphatic hydroxyl groups excluding tert-OH is 1. The number of aliphatic hydroxyl groups is 1. The predicted molar refractivity (Wildman–Crippen MR) is 68.1 cm³/mol. The van der Waals surface area contributed by atoms with Crippen molar-refractivity contribution in [3.63, 3.8) is 0 Å². The van der Waals surface area contributed by atoms with E-state index < -0.39 is 6.10 Å². The number of aryl methyl sites for hydroxylation is 1. The van der Waals surface area contributed by atoms with Gasteiger partial charge in [-0.3, -0.25) is 0 Å². The molecule has 3 heterocycles. The molecular formula is C12H15N3O3S. The Balaban J connectivity index is 1.72. The molecule has 2 atom stereocenters. The molecule has 2 aromatic rings. The highest BCUT2D eigenvalue weighted by atomic mass is 32.1. The summed E-state index contributed by atoms with van der Waals surface area (Å²) in [6.07, 6.45) is 0.689. The minimum Gasteiger partial charge on any atom is -0.392 e. The van der Waals surface area contributed by atoms with E-state index >= 15 is 0 Å². The van der Waals surface area contributed by atoms with Gasteiger partial charge < -0.3 is 14.4 Å². The minimum absolute atomic E-state index is 0.216. The second-order valence-electron chi connectivity index (χ2n) is 4.62. The lowest BCUT2D eigenvalue weighted by atomic mass is 9.99. The molecule has 7 heteroatoms. The molecule has 0 radical (unpaired) electrons. The third kappa shape index (κ3) is 2.83. The lowest BCUT2D eigenvalue weighted by Gasteiger charge is -2.24. The van der Waals surface area contributed by atoms with Crippen molar-refractivity contribution in [2.75, 3.05) is 13.2 Å². The van der Waals surface area contributed by atoms with Crippen LogP contribution in [0.4, 0.5) is 0 Å². The highest BCUT2D eigenvalue weighted by Crippen LogP contribution is 2.25. The van der Waals surface area contributed by atoms with Gasteiger partial charge in [-0.1, -0.05) is 5.16 Å². The van der Waals surface area contributed by atoms with Gasteiger partial charge in [0.05, 0.1) is 35.8 Å². The van der Waals surface area contributed by atoms with Crippen molar-refractivity contribution < 1.29 is 14.4 Å². The van der Waals surface area contributed by atoms with Crippen LogP contribution in [0.25, 0.3) is 0 Å². The molecule has 102 valence electrons. The normalized spacial score (nSPS) is 23.7. The number of rotatable bonds is 3. The summed E-state index contributed by atoms with van der Waals surface area (Å²) in [5, 5.41) is 16.9. The largest absolute Gasteiger partial charge is 0.392 e. The summed E-state index contributed by atoms with van der Waals surface area (Å²) in [6.45, 7) is 2.97. The number of hydrogen-bond donors (Lipinski definition) is 1. The zero-order valence-electron chi connectivity index (χ0n) is 10.6. The molecule has 19 heavy (non-hydrogen) atoms. The van der Waals surface area contributed by atoms with Gasteiger partial charge in [-0.15, -0.1) is 11.3 Å². The summed E-state index contributed by atoms with van der Waals surface area (Å²) in [7, 11) is 0. The van der Waals surface area contributed by atoms with E-state index in [0.717, 1.165) is 10.7 Å². The van der Waals surface area contributed by atoms with E-state index in [4.69, 9.17) is 9.26 Å². The lowest BCUT2D eigenvalue weighted by Crippen LogP contribution is -2.30. The van der Waals surface area contributed by atoms with E-state index in [1.54, 1.807) is 11.3 Å². The first-order chi connectivity index (χ1) is 9.22. The molecule has 0 aliphatic carbocycles. The third-order valence-electron chi connectivity index (χ3n) is 3.13. The van der Waals surface area contributed by atoms with E-state index in [1.165, 1.54) is 0 Å². The maximum Gasteiger partial charge on any atom is 0.234 e. The quantitative estimate of drug-likeness (QED) is 0.913. The molecular weight excluding hydrogens is 266 g/mol. The maximum atomic E-state index is 9.91. The van der Waals surface area contributed by atoms with E-state index in [2.05, 4.69) is 15.1 Å². The van der Waals surface area contributed by atoms with Crippen molar-refractivity contribution in [2.45, 2.75) is 31.8 Å². The molecule has 0 bridgehead atoms. The zero-order valence-corrected chi connectivity index (χ0v) is 11.4. The van der Waals surface area contributed by atoms with Crippen molar-refractivity contribution in [1.82, 2.24) is 15.1 Å². The van der Waals surface area contributed by atoms with Crippen molar-refractivity contribution in [3.05, 3.63) is 27.8 Å². The fourth-order valence-corrected chi connectivity index (χ4v) is 2.72. The Morgan fingerprint density at radius 3 is 3.11 bits per heavy atom. The van der Waals surface area contributed by atoms with E-state index in [-0.39, 0.29) is 5.92 Å². The predicted octanol–water partition coefficient (Wildman–Crippen LogP) is 1.29. The standard InChI is InChI=1S/C12H15N3O3S/c1-7-13-8(6-19-7)4-11-14-12(18-15-11)9-5-17-3-2-10(9)16/h6,9-10,16H,2-5H2,1H3. The second kappa shape index (κ2) is 5.36. The maximum absolute atomic E-state index is 9.91. The van der Waals surface area contributed by atoms with Gasteiger partial charge in [-0.25, -0.2) is 4.98 Å². The number of nitrogens with zero attached hydrogens (tertiary/aromatic N) is 3. The van der Waals surface area contributed by atoms with Gasteiger partial charge in [-0.05, 0) is 13.3 Å². The van der Waals surface area contributed by atoms with E-state index in [0.29, 0.717) is 37.8 Å². The molecule has 0 saturated carbocycles. The average Bonchev–Trinajstić information content (AvgIpc) is 3.00. The van der Waals surface area contributed by atoms with Crippen LogP contribution in [-0.4, -0.2) is 39.5 Å². The van der Waals surface area contributed by atoms with Gasteiger partial charge in [0, 0.05) is 12.0 Å². The van der Waals surface area contributed by atoms with Crippen LogP contribution in [0.5, 0.6) is 0 Å². The second-order valence-corrected chi connectivity index (χ2v) is 5.68. The first-order valence-electron chi connectivity index (χ1n) is 6.21. The molecule has 3 rings (SSSR count). The van der Waals surface area contributed by atoms with Crippen LogP contribution in [-0.2, 0) is 11.2 Å². The van der Waals surface area contributed by atoms with Crippen LogP contribution >= 0.6 is 11.3 Å². The molecule has 0 spiro atoms. The molecule has 1 aliphatic heterocycles. The zero-order chi connectivity index (χ0) is 13.2. The van der Waals surface area contributed by atoms with Crippen LogP contribution in [0.3, 0.4) is 0 Å². The van der Waals surface area contributed by atoms with Gasteiger partial charge >= 0.3 is 0 Å². The van der Waals surface area contributed by atoms with Crippen molar-refractivity contribution >= 4 is 11.3 Å². The molecule has 0 aromatic carbocycles.